The summed E-state index contributed by atoms with van der Waals surface area (Å²) in [7, 11) is 1.77. The molecule has 0 radical (unpaired) electrons. The number of hydrogen-bond donors (Lipinski definition) is 0. The van der Waals surface area contributed by atoms with Crippen molar-refractivity contribution in [2.75, 3.05) is 12.1 Å². The molecule has 0 saturated heterocycles. The van der Waals surface area contributed by atoms with Crippen molar-refractivity contribution >= 4 is 12.0 Å². The summed E-state index contributed by atoms with van der Waals surface area (Å²) in [6, 6.07) is 12.7. The van der Waals surface area contributed by atoms with Crippen LogP contribution < -0.4 is 5.01 Å². The minimum atomic E-state index is -4.33. The zero-order valence-corrected chi connectivity index (χ0v) is 18.9. The Kier molecular flexibility index (Phi) is 8.43. The summed E-state index contributed by atoms with van der Waals surface area (Å²) in [4.78, 5) is 8.73. The fourth-order valence-electron chi connectivity index (χ4n) is 2.45. The van der Waals surface area contributed by atoms with Crippen molar-refractivity contribution in [3.8, 4) is 11.3 Å². The molecular formula is C21H15F5N5Pt-3. The molecule has 0 bridgehead atoms. The largest absolute Gasteiger partial charge is 0.493 e. The maximum atomic E-state index is 13.2. The van der Waals surface area contributed by atoms with Gasteiger partial charge in [-0.2, -0.15) is 36.5 Å². The van der Waals surface area contributed by atoms with Crippen molar-refractivity contribution in [3.05, 3.63) is 84.4 Å². The van der Waals surface area contributed by atoms with Crippen LogP contribution in [0, 0.1) is 37.6 Å². The Hall–Kier alpha value is -2.87. The summed E-state index contributed by atoms with van der Waals surface area (Å²) < 4.78 is 62.6. The minimum Gasteiger partial charge on any atom is -0.493 e. The molecule has 0 N–H and O–H groups in total. The second kappa shape index (κ2) is 10.6. The molecule has 0 amide bonds. The number of pyridine rings is 2. The summed E-state index contributed by atoms with van der Waals surface area (Å²) in [6.07, 6.45) is -1.23. The van der Waals surface area contributed by atoms with Gasteiger partial charge in [0.05, 0.1) is 6.34 Å². The Morgan fingerprint density at radius 2 is 1.81 bits per heavy atom. The van der Waals surface area contributed by atoms with E-state index in [1.54, 1.807) is 43.3 Å². The summed E-state index contributed by atoms with van der Waals surface area (Å²) in [5, 5.41) is 5.39. The van der Waals surface area contributed by atoms with E-state index in [0.717, 1.165) is 23.8 Å². The standard InChI is InChI=1S/C11H7F2N2.C10H8F3N3.Pt/c1-7-4-5-14-9(6-7)8-2-3-10(12)15-11(8)13;1-15-6-14-16(7-15)9-4-2-8(3-5-9)10(11,12)13;/h3-6H,1H3;2-4,6-7H,1H3;/q-1;-2;. The Morgan fingerprint density at radius 3 is 2.34 bits per heavy atom. The number of alkyl halides is 3. The summed E-state index contributed by atoms with van der Waals surface area (Å²) >= 11 is 0. The number of hydrogen-bond acceptors (Lipinski definition) is 5. The first-order valence-electron chi connectivity index (χ1n) is 8.79. The predicted molar refractivity (Wildman–Crippen MR) is 104 cm³/mol. The Labute approximate surface area is 195 Å². The molecule has 11 heteroatoms. The first-order chi connectivity index (χ1) is 14.6. The molecule has 3 heterocycles. The zero-order valence-electron chi connectivity index (χ0n) is 16.6. The van der Waals surface area contributed by atoms with Crippen LogP contribution in [0.4, 0.5) is 27.6 Å². The predicted octanol–water partition coefficient (Wildman–Crippen LogP) is 4.85. The minimum absolute atomic E-state index is 0. The molecule has 0 saturated carbocycles. The average Bonchev–Trinajstić information content (AvgIpc) is 3.14. The number of nitrogens with zero attached hydrogens (tertiary/aromatic N) is 5. The monoisotopic (exact) mass is 627 g/mol. The Morgan fingerprint density at radius 1 is 1.06 bits per heavy atom. The number of anilines is 1. The second-order valence-corrected chi connectivity index (χ2v) is 6.42. The number of rotatable bonds is 2. The molecule has 3 aromatic rings. The van der Waals surface area contributed by atoms with Gasteiger partial charge in [-0.3, -0.25) is 4.98 Å². The van der Waals surface area contributed by atoms with E-state index in [-0.39, 0.29) is 26.6 Å². The van der Waals surface area contributed by atoms with E-state index in [1.807, 2.05) is 6.92 Å². The summed E-state index contributed by atoms with van der Waals surface area (Å²) in [5.41, 5.74) is 1.18. The van der Waals surface area contributed by atoms with E-state index in [9.17, 15) is 22.0 Å². The van der Waals surface area contributed by atoms with Crippen LogP contribution >= 0.6 is 0 Å². The van der Waals surface area contributed by atoms with Gasteiger partial charge in [0.25, 0.3) is 0 Å². The van der Waals surface area contributed by atoms with Crippen molar-refractivity contribution in [2.45, 2.75) is 13.1 Å². The van der Waals surface area contributed by atoms with E-state index in [0.29, 0.717) is 11.4 Å². The molecule has 5 nitrogen and oxygen atoms in total. The van der Waals surface area contributed by atoms with Gasteiger partial charge in [0.1, 0.15) is 11.9 Å². The molecule has 1 aromatic carbocycles. The van der Waals surface area contributed by atoms with Gasteiger partial charge >= 0.3 is 6.18 Å². The maximum Gasteiger partial charge on any atom is 0.370 e. The van der Waals surface area contributed by atoms with E-state index < -0.39 is 23.6 Å². The summed E-state index contributed by atoms with van der Waals surface area (Å²) in [5.74, 6) is -1.78. The topological polar surface area (TPSA) is 44.6 Å². The Bertz CT molecular complexity index is 1070. The van der Waals surface area contributed by atoms with Crippen molar-refractivity contribution in [1.29, 1.82) is 0 Å². The van der Waals surface area contributed by atoms with Crippen molar-refractivity contribution in [1.82, 2.24) is 14.9 Å². The third-order valence-electron chi connectivity index (χ3n) is 3.94. The van der Waals surface area contributed by atoms with Gasteiger partial charge in [-0.1, -0.05) is 34.5 Å². The normalized spacial score (nSPS) is 12.8. The number of hydrazone groups is 1. The molecule has 32 heavy (non-hydrogen) atoms. The van der Waals surface area contributed by atoms with E-state index in [2.05, 4.69) is 27.2 Å². The molecule has 2 aromatic heterocycles. The van der Waals surface area contributed by atoms with Crippen LogP contribution in [0.3, 0.4) is 0 Å². The smallest absolute Gasteiger partial charge is 0.370 e. The van der Waals surface area contributed by atoms with Gasteiger partial charge in [-0.25, -0.2) is 8.78 Å². The molecule has 0 aliphatic carbocycles. The number of aryl methyl sites for hydroxylation is 1. The number of halogens is 5. The van der Waals surface area contributed by atoms with Crippen LogP contribution in [0.25, 0.3) is 11.3 Å². The fourth-order valence-corrected chi connectivity index (χ4v) is 2.45. The quantitative estimate of drug-likeness (QED) is 0.232. The van der Waals surface area contributed by atoms with Crippen LogP contribution in [0.15, 0.2) is 47.7 Å². The van der Waals surface area contributed by atoms with Crippen LogP contribution in [0.2, 0.25) is 0 Å². The molecule has 4 rings (SSSR count). The van der Waals surface area contributed by atoms with Gasteiger partial charge < -0.3 is 14.9 Å². The molecule has 0 unspecified atom stereocenters. The second-order valence-electron chi connectivity index (χ2n) is 6.42. The van der Waals surface area contributed by atoms with Crippen LogP contribution in [0.5, 0.6) is 0 Å². The van der Waals surface area contributed by atoms with Gasteiger partial charge in [0.15, 0.2) is 0 Å². The van der Waals surface area contributed by atoms with Gasteiger partial charge in [0.2, 0.25) is 0 Å². The van der Waals surface area contributed by atoms with Crippen LogP contribution in [0.1, 0.15) is 11.1 Å². The molecule has 172 valence electrons. The first-order valence-corrected chi connectivity index (χ1v) is 8.79. The van der Waals surface area contributed by atoms with E-state index in [1.165, 1.54) is 11.1 Å². The third kappa shape index (κ3) is 6.56. The molecule has 0 atom stereocenters. The molecule has 0 fully saturated rings. The van der Waals surface area contributed by atoms with Crippen LogP contribution in [-0.2, 0) is 27.2 Å². The molecule has 1 aliphatic heterocycles. The first kappa shape index (κ1) is 25.4. The van der Waals surface area contributed by atoms with Crippen molar-refractivity contribution in [2.24, 2.45) is 5.10 Å². The van der Waals surface area contributed by atoms with Gasteiger partial charge in [0, 0.05) is 27.3 Å². The Balaban J connectivity index is 0.000000220. The van der Waals surface area contributed by atoms with E-state index >= 15 is 0 Å². The zero-order chi connectivity index (χ0) is 22.6. The average molecular weight is 627 g/mol. The molecule has 1 aliphatic rings. The number of benzene rings is 1. The van der Waals surface area contributed by atoms with Gasteiger partial charge in [-0.15, -0.1) is 18.8 Å². The summed E-state index contributed by atoms with van der Waals surface area (Å²) in [6.45, 7) is 3.50. The van der Waals surface area contributed by atoms with Crippen molar-refractivity contribution < 1.29 is 43.0 Å². The maximum absolute atomic E-state index is 13.2. The third-order valence-corrected chi connectivity index (χ3v) is 3.94. The van der Waals surface area contributed by atoms with E-state index in [4.69, 9.17) is 0 Å². The fraction of sp³-hybridized carbons (Fsp3) is 0.143. The molecular weight excluding hydrogens is 612 g/mol. The van der Waals surface area contributed by atoms with Crippen LogP contribution in [-0.4, -0.2) is 28.3 Å². The van der Waals surface area contributed by atoms with Gasteiger partial charge in [-0.05, 0) is 25.7 Å². The SMILES string of the molecule is CN1C=NN(c2[c-]cc(C(F)(F)F)cc2)[CH-]1.Cc1ccnc(-c2[c-]cc(F)nc2F)c1.[Pt]. The number of aromatic nitrogens is 2. The molecule has 0 spiro atoms. The van der Waals surface area contributed by atoms with Crippen molar-refractivity contribution in [3.63, 3.8) is 0 Å².